The van der Waals surface area contributed by atoms with Gasteiger partial charge in [-0.15, -0.1) is 10.2 Å². The lowest BCUT2D eigenvalue weighted by Gasteiger charge is -2.02. The number of hydrogen-bond acceptors (Lipinski definition) is 8. The Morgan fingerprint density at radius 3 is 2.79 bits per heavy atom. The number of benzene rings is 1. The van der Waals surface area contributed by atoms with E-state index in [4.69, 9.17) is 5.73 Å². The van der Waals surface area contributed by atoms with Gasteiger partial charge in [0.1, 0.15) is 11.4 Å². The van der Waals surface area contributed by atoms with Crippen molar-refractivity contribution in [3.63, 3.8) is 0 Å². The average Bonchev–Trinajstić information content (AvgIpc) is 2.86. The van der Waals surface area contributed by atoms with Gasteiger partial charge < -0.3 is 5.73 Å². The van der Waals surface area contributed by atoms with Crippen LogP contribution in [0.4, 0.5) is 5.69 Å². The van der Waals surface area contributed by atoms with Crippen LogP contribution in [0.2, 0.25) is 0 Å². The molecule has 2 aromatic heterocycles. The van der Waals surface area contributed by atoms with E-state index in [1.807, 2.05) is 24.5 Å². The van der Waals surface area contributed by atoms with E-state index in [1.54, 1.807) is 29.4 Å². The Kier molecular flexibility index (Phi) is 3.54. The fourth-order valence-corrected chi connectivity index (χ4v) is 3.97. The van der Waals surface area contributed by atoms with E-state index in [2.05, 4.69) is 20.2 Å². The zero-order chi connectivity index (χ0) is 13.2. The third kappa shape index (κ3) is 2.65. The number of rotatable bonds is 3. The molecule has 0 fully saturated rings. The first-order valence-corrected chi connectivity index (χ1v) is 8.17. The molecule has 96 valence electrons. The third-order valence-electron chi connectivity index (χ3n) is 2.37. The van der Waals surface area contributed by atoms with Gasteiger partial charge in [0, 0.05) is 11.1 Å². The van der Waals surface area contributed by atoms with Crippen LogP contribution in [0.1, 0.15) is 0 Å². The van der Waals surface area contributed by atoms with Crippen molar-refractivity contribution in [2.45, 2.75) is 13.7 Å². The first kappa shape index (κ1) is 12.6. The van der Waals surface area contributed by atoms with Crippen molar-refractivity contribution in [3.8, 4) is 0 Å². The largest absolute Gasteiger partial charge is 0.399 e. The summed E-state index contributed by atoms with van der Waals surface area (Å²) in [6.07, 6.45) is 3.53. The molecule has 0 unspecified atom stereocenters. The second-order valence-corrected chi connectivity index (χ2v) is 6.86. The minimum atomic E-state index is 0.697. The van der Waals surface area contributed by atoms with E-state index in [0.29, 0.717) is 5.69 Å². The molecule has 0 radical (unpaired) electrons. The molecule has 2 N–H and O–H groups in total. The molecular weight excluding hydrogens is 298 g/mol. The Morgan fingerprint density at radius 2 is 2.00 bits per heavy atom. The zero-order valence-corrected chi connectivity index (χ0v) is 12.3. The molecule has 5 nitrogen and oxygen atoms in total. The van der Waals surface area contributed by atoms with Gasteiger partial charge in [-0.05, 0) is 36.2 Å². The van der Waals surface area contributed by atoms with Gasteiger partial charge in [0.05, 0.1) is 5.52 Å². The van der Waals surface area contributed by atoms with Crippen molar-refractivity contribution >= 4 is 51.5 Å². The Morgan fingerprint density at radius 1 is 1.16 bits per heavy atom. The van der Waals surface area contributed by atoms with E-state index >= 15 is 0 Å². The van der Waals surface area contributed by atoms with Gasteiger partial charge in [-0.3, -0.25) is 0 Å². The predicted octanol–water partition coefficient (Wildman–Crippen LogP) is 2.94. The van der Waals surface area contributed by atoms with Gasteiger partial charge in [0.15, 0.2) is 8.68 Å². The summed E-state index contributed by atoms with van der Waals surface area (Å²) in [6, 6.07) is 5.63. The summed E-state index contributed by atoms with van der Waals surface area (Å²) in [5.74, 6) is 0. The van der Waals surface area contributed by atoms with Crippen LogP contribution in [-0.4, -0.2) is 26.4 Å². The van der Waals surface area contributed by atoms with Gasteiger partial charge in [-0.25, -0.2) is 9.97 Å². The number of anilines is 1. The van der Waals surface area contributed by atoms with E-state index in [-0.39, 0.29) is 0 Å². The summed E-state index contributed by atoms with van der Waals surface area (Å²) < 4.78 is 1.83. The fourth-order valence-electron chi connectivity index (χ4n) is 1.53. The van der Waals surface area contributed by atoms with Crippen LogP contribution in [0.25, 0.3) is 10.9 Å². The smallest absolute Gasteiger partial charge is 0.181 e. The number of fused-ring (bicyclic) bond motifs is 1. The molecule has 0 aliphatic rings. The normalized spacial score (nSPS) is 11.0. The minimum Gasteiger partial charge on any atom is -0.399 e. The summed E-state index contributed by atoms with van der Waals surface area (Å²) >= 11 is 4.64. The number of nitrogens with zero attached hydrogens (tertiary/aromatic N) is 4. The Bertz CT molecular complexity index is 727. The van der Waals surface area contributed by atoms with Crippen LogP contribution < -0.4 is 5.73 Å². The van der Waals surface area contributed by atoms with Gasteiger partial charge in [0.2, 0.25) is 0 Å². The summed E-state index contributed by atoms with van der Waals surface area (Å²) in [5.41, 5.74) is 7.29. The average molecular weight is 307 g/mol. The van der Waals surface area contributed by atoms with E-state index in [9.17, 15) is 0 Å². The molecular formula is C11H9N5S3. The highest BCUT2D eigenvalue weighted by atomic mass is 32.2. The topological polar surface area (TPSA) is 77.6 Å². The SMILES string of the molecule is CSc1nnc(Sc2ncnc3cc(N)ccc23)s1. The van der Waals surface area contributed by atoms with E-state index < -0.39 is 0 Å². The quantitative estimate of drug-likeness (QED) is 0.453. The highest BCUT2D eigenvalue weighted by molar-refractivity contribution is 8.03. The van der Waals surface area contributed by atoms with Gasteiger partial charge in [0.25, 0.3) is 0 Å². The lowest BCUT2D eigenvalue weighted by molar-refractivity contribution is 0.953. The molecule has 0 aliphatic heterocycles. The second-order valence-electron chi connectivity index (χ2n) is 3.60. The van der Waals surface area contributed by atoms with Gasteiger partial charge >= 0.3 is 0 Å². The van der Waals surface area contributed by atoms with Crippen molar-refractivity contribution in [1.82, 2.24) is 20.2 Å². The molecule has 0 saturated heterocycles. The van der Waals surface area contributed by atoms with E-state index in [0.717, 1.165) is 24.6 Å². The standard InChI is InChI=1S/C11H9N5S3/c1-17-10-15-16-11(19-10)18-9-7-3-2-6(12)4-8(7)13-5-14-9/h2-5H,12H2,1H3. The Balaban J connectivity index is 2.00. The summed E-state index contributed by atoms with van der Waals surface area (Å²) in [7, 11) is 0. The number of thioether (sulfide) groups is 1. The van der Waals surface area contributed by atoms with Crippen molar-refractivity contribution in [3.05, 3.63) is 24.5 Å². The summed E-state index contributed by atoms with van der Waals surface area (Å²) in [5, 5.41) is 10.0. The van der Waals surface area contributed by atoms with Gasteiger partial charge in [-0.2, -0.15) is 0 Å². The molecule has 3 rings (SSSR count). The maximum Gasteiger partial charge on any atom is 0.181 e. The summed E-state index contributed by atoms with van der Waals surface area (Å²) in [4.78, 5) is 8.53. The minimum absolute atomic E-state index is 0.697. The van der Waals surface area contributed by atoms with Gasteiger partial charge in [-0.1, -0.05) is 23.1 Å². The Labute approximate surface area is 122 Å². The molecule has 0 amide bonds. The predicted molar refractivity (Wildman–Crippen MR) is 79.8 cm³/mol. The van der Waals surface area contributed by atoms with Crippen LogP contribution in [0.3, 0.4) is 0 Å². The van der Waals surface area contributed by atoms with Crippen molar-refractivity contribution in [1.29, 1.82) is 0 Å². The second kappa shape index (κ2) is 5.32. The highest BCUT2D eigenvalue weighted by Gasteiger charge is 2.10. The molecule has 3 aromatic rings. The maximum absolute atomic E-state index is 5.76. The number of hydrogen-bond donors (Lipinski definition) is 1. The molecule has 0 spiro atoms. The number of nitrogens with two attached hydrogens (primary N) is 1. The molecule has 19 heavy (non-hydrogen) atoms. The Hall–Kier alpha value is -1.38. The molecule has 8 heteroatoms. The van der Waals surface area contributed by atoms with E-state index in [1.165, 1.54) is 11.8 Å². The van der Waals surface area contributed by atoms with Crippen molar-refractivity contribution < 1.29 is 0 Å². The number of aromatic nitrogens is 4. The van der Waals surface area contributed by atoms with Crippen LogP contribution in [-0.2, 0) is 0 Å². The molecule has 0 atom stereocenters. The van der Waals surface area contributed by atoms with Crippen LogP contribution in [0.5, 0.6) is 0 Å². The fraction of sp³-hybridized carbons (Fsp3) is 0.0909. The summed E-state index contributed by atoms with van der Waals surface area (Å²) in [6.45, 7) is 0. The molecule has 2 heterocycles. The van der Waals surface area contributed by atoms with Crippen molar-refractivity contribution in [2.75, 3.05) is 12.0 Å². The lowest BCUT2D eigenvalue weighted by atomic mass is 10.2. The maximum atomic E-state index is 5.76. The van der Waals surface area contributed by atoms with Crippen molar-refractivity contribution in [2.24, 2.45) is 0 Å². The van der Waals surface area contributed by atoms with Crippen LogP contribution >= 0.6 is 34.9 Å². The first-order chi connectivity index (χ1) is 9.26. The molecule has 0 saturated carbocycles. The third-order valence-corrected chi connectivity index (χ3v) is 5.34. The lowest BCUT2D eigenvalue weighted by Crippen LogP contribution is -1.89. The number of nitrogen functional groups attached to an aromatic ring is 1. The van der Waals surface area contributed by atoms with Crippen LogP contribution in [0, 0.1) is 0 Å². The molecule has 0 bridgehead atoms. The highest BCUT2D eigenvalue weighted by Crippen LogP contribution is 2.34. The molecule has 1 aromatic carbocycles. The van der Waals surface area contributed by atoms with Crippen LogP contribution in [0.15, 0.2) is 38.2 Å². The molecule has 0 aliphatic carbocycles. The first-order valence-electron chi connectivity index (χ1n) is 5.32. The zero-order valence-electron chi connectivity index (χ0n) is 9.90. The monoisotopic (exact) mass is 307 g/mol.